The van der Waals surface area contributed by atoms with E-state index in [0.29, 0.717) is 0 Å². The summed E-state index contributed by atoms with van der Waals surface area (Å²) in [5.74, 6) is 1.73. The van der Waals surface area contributed by atoms with Gasteiger partial charge in [-0.2, -0.15) is 0 Å². The standard InChI is InChI=1S/C32H29OP/c1-23-21-31(25(3)24(23)2)30-20-19-27(33-26-13-7-4-8-14-26)22-32(30)34(28-15-9-5-10-16-28)29-17-11-6-12-18-29/h4-20,22H,21H2,1-3H3. The minimum atomic E-state index is -0.754. The van der Waals surface area contributed by atoms with Gasteiger partial charge in [0.25, 0.3) is 0 Å². The van der Waals surface area contributed by atoms with Crippen molar-refractivity contribution in [2.24, 2.45) is 0 Å². The SMILES string of the molecule is CC1=C(C)C(C)=C(c2ccc(Oc3ccccc3)cc2P(c2ccccc2)c2ccccc2)C1. The first kappa shape index (κ1) is 22.4. The maximum atomic E-state index is 6.31. The Kier molecular flexibility index (Phi) is 6.48. The first-order valence-electron chi connectivity index (χ1n) is 11.8. The van der Waals surface area contributed by atoms with Crippen molar-refractivity contribution in [1.29, 1.82) is 0 Å². The maximum Gasteiger partial charge on any atom is 0.128 e. The number of benzene rings is 4. The Hall–Kier alpha value is -3.41. The molecule has 168 valence electrons. The second-order valence-electron chi connectivity index (χ2n) is 8.79. The number of hydrogen-bond acceptors (Lipinski definition) is 1. The van der Waals surface area contributed by atoms with E-state index in [-0.39, 0.29) is 0 Å². The average Bonchev–Trinajstić information content (AvgIpc) is 3.13. The molecule has 1 aliphatic carbocycles. The summed E-state index contributed by atoms with van der Waals surface area (Å²) in [7, 11) is -0.754. The van der Waals surface area contributed by atoms with Gasteiger partial charge in [0.2, 0.25) is 0 Å². The molecule has 2 heteroatoms. The lowest BCUT2D eigenvalue weighted by Crippen LogP contribution is -2.23. The summed E-state index contributed by atoms with van der Waals surface area (Å²) in [6.07, 6.45) is 1.01. The van der Waals surface area contributed by atoms with Crippen molar-refractivity contribution >= 4 is 29.4 Å². The van der Waals surface area contributed by atoms with E-state index in [0.717, 1.165) is 17.9 Å². The first-order chi connectivity index (χ1) is 16.6. The molecule has 4 aromatic carbocycles. The minimum absolute atomic E-state index is 0.754. The number of para-hydroxylation sites is 1. The van der Waals surface area contributed by atoms with Crippen molar-refractivity contribution in [2.45, 2.75) is 27.2 Å². The van der Waals surface area contributed by atoms with Crippen LogP contribution in [0.5, 0.6) is 11.5 Å². The molecule has 0 saturated heterocycles. The molecule has 0 unspecified atom stereocenters. The van der Waals surface area contributed by atoms with Gasteiger partial charge in [-0.15, -0.1) is 0 Å². The van der Waals surface area contributed by atoms with Crippen molar-refractivity contribution in [2.75, 3.05) is 0 Å². The molecule has 0 heterocycles. The molecule has 0 aliphatic heterocycles. The Balaban J connectivity index is 1.70. The molecule has 0 bridgehead atoms. The van der Waals surface area contributed by atoms with E-state index < -0.39 is 7.92 Å². The van der Waals surface area contributed by atoms with Crippen molar-refractivity contribution in [3.63, 3.8) is 0 Å². The topological polar surface area (TPSA) is 9.23 Å². The molecule has 0 radical (unpaired) electrons. The predicted molar refractivity (Wildman–Crippen MR) is 147 cm³/mol. The summed E-state index contributed by atoms with van der Waals surface area (Å²) in [4.78, 5) is 0. The molecule has 4 aromatic rings. The highest BCUT2D eigenvalue weighted by molar-refractivity contribution is 7.80. The molecular weight excluding hydrogens is 431 g/mol. The molecular formula is C32H29OP. The lowest BCUT2D eigenvalue weighted by atomic mass is 10.00. The summed E-state index contributed by atoms with van der Waals surface area (Å²) in [5.41, 5.74) is 7.08. The van der Waals surface area contributed by atoms with Crippen LogP contribution in [-0.2, 0) is 0 Å². The van der Waals surface area contributed by atoms with Crippen LogP contribution < -0.4 is 20.7 Å². The van der Waals surface area contributed by atoms with Crippen LogP contribution in [0.15, 0.2) is 126 Å². The number of ether oxygens (including phenoxy) is 1. The normalized spacial score (nSPS) is 13.6. The van der Waals surface area contributed by atoms with Gasteiger partial charge in [0.05, 0.1) is 0 Å². The zero-order valence-electron chi connectivity index (χ0n) is 20.0. The second kappa shape index (κ2) is 9.84. The fraction of sp³-hybridized carbons (Fsp3) is 0.125. The van der Waals surface area contributed by atoms with E-state index in [1.807, 2.05) is 30.3 Å². The lowest BCUT2D eigenvalue weighted by Gasteiger charge is -2.24. The Labute approximate surface area is 204 Å². The first-order valence-corrected chi connectivity index (χ1v) is 13.1. The van der Waals surface area contributed by atoms with Gasteiger partial charge in [-0.05, 0) is 97.6 Å². The van der Waals surface area contributed by atoms with Crippen LogP contribution in [0.4, 0.5) is 0 Å². The zero-order valence-corrected chi connectivity index (χ0v) is 20.8. The van der Waals surface area contributed by atoms with Gasteiger partial charge in [-0.1, -0.05) is 90.5 Å². The Morgan fingerprint density at radius 3 is 1.68 bits per heavy atom. The predicted octanol–water partition coefficient (Wildman–Crippen LogP) is 7.75. The number of rotatable bonds is 6. The molecule has 1 aliphatic rings. The largest absolute Gasteiger partial charge is 0.457 e. The summed E-state index contributed by atoms with van der Waals surface area (Å²) in [6, 6.07) is 38.5. The van der Waals surface area contributed by atoms with E-state index in [4.69, 9.17) is 4.74 Å². The van der Waals surface area contributed by atoms with E-state index in [9.17, 15) is 0 Å². The van der Waals surface area contributed by atoms with Gasteiger partial charge in [-0.3, -0.25) is 0 Å². The van der Waals surface area contributed by atoms with Crippen LogP contribution in [0.1, 0.15) is 32.8 Å². The van der Waals surface area contributed by atoms with Gasteiger partial charge in [-0.25, -0.2) is 0 Å². The zero-order chi connectivity index (χ0) is 23.5. The van der Waals surface area contributed by atoms with Crippen molar-refractivity contribution in [3.8, 4) is 11.5 Å². The highest BCUT2D eigenvalue weighted by Gasteiger charge is 2.25. The van der Waals surface area contributed by atoms with Crippen LogP contribution >= 0.6 is 7.92 Å². The molecule has 0 aromatic heterocycles. The van der Waals surface area contributed by atoms with E-state index in [1.54, 1.807) is 0 Å². The molecule has 0 N–H and O–H groups in total. The van der Waals surface area contributed by atoms with Gasteiger partial charge >= 0.3 is 0 Å². The second-order valence-corrected chi connectivity index (χ2v) is 11.0. The molecule has 1 nitrogen and oxygen atoms in total. The third-order valence-electron chi connectivity index (χ3n) is 6.64. The summed E-state index contributed by atoms with van der Waals surface area (Å²) >= 11 is 0. The summed E-state index contributed by atoms with van der Waals surface area (Å²) in [5, 5.41) is 4.04. The third-order valence-corrected chi connectivity index (χ3v) is 9.12. The van der Waals surface area contributed by atoms with E-state index in [2.05, 4.69) is 99.6 Å². The van der Waals surface area contributed by atoms with Crippen LogP contribution in [0.25, 0.3) is 5.57 Å². The highest BCUT2D eigenvalue weighted by Crippen LogP contribution is 2.43. The number of hydrogen-bond donors (Lipinski definition) is 0. The lowest BCUT2D eigenvalue weighted by molar-refractivity contribution is 0.483. The van der Waals surface area contributed by atoms with Crippen LogP contribution in [0.3, 0.4) is 0 Å². The van der Waals surface area contributed by atoms with E-state index >= 15 is 0 Å². The molecule has 0 fully saturated rings. The van der Waals surface area contributed by atoms with Gasteiger partial charge < -0.3 is 4.74 Å². The van der Waals surface area contributed by atoms with Crippen molar-refractivity contribution in [1.82, 2.24) is 0 Å². The van der Waals surface area contributed by atoms with Crippen molar-refractivity contribution < 1.29 is 4.74 Å². The van der Waals surface area contributed by atoms with Crippen LogP contribution in [0, 0.1) is 0 Å². The van der Waals surface area contributed by atoms with E-state index in [1.165, 1.54) is 43.8 Å². The molecule has 0 atom stereocenters. The maximum absolute atomic E-state index is 6.31. The van der Waals surface area contributed by atoms with Crippen molar-refractivity contribution in [3.05, 3.63) is 131 Å². The quantitative estimate of drug-likeness (QED) is 0.267. The Morgan fingerprint density at radius 2 is 1.15 bits per heavy atom. The minimum Gasteiger partial charge on any atom is -0.457 e. The Morgan fingerprint density at radius 1 is 0.588 bits per heavy atom. The Bertz CT molecular complexity index is 1310. The molecule has 0 saturated carbocycles. The fourth-order valence-corrected chi connectivity index (χ4v) is 7.10. The monoisotopic (exact) mass is 460 g/mol. The van der Waals surface area contributed by atoms with Gasteiger partial charge in [0.15, 0.2) is 0 Å². The molecule has 5 rings (SSSR count). The highest BCUT2D eigenvalue weighted by atomic mass is 31.1. The number of allylic oxidation sites excluding steroid dienone is 4. The fourth-order valence-electron chi connectivity index (χ4n) is 4.60. The third kappa shape index (κ3) is 4.49. The molecule has 0 amide bonds. The molecule has 0 spiro atoms. The smallest absolute Gasteiger partial charge is 0.128 e. The molecule has 34 heavy (non-hydrogen) atoms. The van der Waals surface area contributed by atoms with Crippen LogP contribution in [-0.4, -0.2) is 0 Å². The van der Waals surface area contributed by atoms with Gasteiger partial charge in [0.1, 0.15) is 11.5 Å². The average molecular weight is 461 g/mol. The summed E-state index contributed by atoms with van der Waals surface area (Å²) < 4.78 is 6.31. The summed E-state index contributed by atoms with van der Waals surface area (Å²) in [6.45, 7) is 6.78. The van der Waals surface area contributed by atoms with Gasteiger partial charge in [0, 0.05) is 0 Å². The van der Waals surface area contributed by atoms with Crippen LogP contribution in [0.2, 0.25) is 0 Å².